The number of benzene rings is 9. The van der Waals surface area contributed by atoms with Gasteiger partial charge in [0, 0.05) is 0 Å². The average molecular weight is 639 g/mol. The lowest BCUT2D eigenvalue weighted by Crippen LogP contribution is -2.22. The Morgan fingerprint density at radius 3 is 1.34 bits per heavy atom. The summed E-state index contributed by atoms with van der Waals surface area (Å²) in [5.41, 5.74) is 8.24. The summed E-state index contributed by atoms with van der Waals surface area (Å²) >= 11 is 0. The number of fused-ring (bicyclic) bond motifs is 5. The highest BCUT2D eigenvalue weighted by molar-refractivity contribution is 6.22. The fourth-order valence-electron chi connectivity index (χ4n) is 7.85. The summed E-state index contributed by atoms with van der Waals surface area (Å²) in [4.78, 5) is 14.0. The molecule has 0 aliphatic carbocycles. The summed E-state index contributed by atoms with van der Waals surface area (Å²) in [6.07, 6.45) is 0. The Hall–Kier alpha value is -6.71. The third-order valence-corrected chi connectivity index (χ3v) is 10.1. The van der Waals surface area contributed by atoms with Gasteiger partial charge in [-0.1, -0.05) is 133 Å². The van der Waals surface area contributed by atoms with Crippen LogP contribution in [-0.2, 0) is 0 Å². The Bertz CT molecular complexity index is 2950. The van der Waals surface area contributed by atoms with Crippen molar-refractivity contribution in [1.29, 1.82) is 0 Å². The molecule has 0 unspecified atom stereocenters. The smallest absolute Gasteiger partial charge is 0.260 e. The summed E-state index contributed by atoms with van der Waals surface area (Å²) in [5, 5.41) is 9.61. The second-order valence-electron chi connectivity index (χ2n) is 12.9. The molecule has 50 heavy (non-hydrogen) atoms. The van der Waals surface area contributed by atoms with Gasteiger partial charge in [0.2, 0.25) is 0 Å². The van der Waals surface area contributed by atoms with Crippen molar-refractivity contribution < 1.29 is 0 Å². The Kier molecular flexibility index (Phi) is 6.33. The van der Waals surface area contributed by atoms with E-state index in [9.17, 15) is 4.79 Å². The van der Waals surface area contributed by atoms with Gasteiger partial charge in [0.15, 0.2) is 0 Å². The molecule has 234 valence electrons. The minimum absolute atomic E-state index is 0.0854. The number of hydrogen-bond donors (Lipinski definition) is 0. The highest BCUT2D eigenvalue weighted by Gasteiger charge is 2.18. The van der Waals surface area contributed by atoms with E-state index >= 15 is 0 Å². The molecular weight excluding hydrogens is 609 g/mol. The largest absolute Gasteiger partial charge is 0.338 e. The molecule has 0 atom stereocenters. The van der Waals surface area contributed by atoms with Crippen molar-refractivity contribution in [2.75, 3.05) is 0 Å². The van der Waals surface area contributed by atoms with Crippen molar-refractivity contribution >= 4 is 54.1 Å². The molecule has 0 saturated heterocycles. The van der Waals surface area contributed by atoms with Gasteiger partial charge in [-0.3, -0.25) is 9.13 Å². The molecule has 10 aromatic rings. The van der Waals surface area contributed by atoms with Gasteiger partial charge in [-0.05, 0) is 114 Å². The van der Waals surface area contributed by atoms with Crippen molar-refractivity contribution in [3.63, 3.8) is 0 Å². The van der Waals surface area contributed by atoms with Crippen molar-refractivity contribution in [3.05, 3.63) is 192 Å². The standard InChI is InChI=1S/C47H30N2O/c50-47-48(37-14-2-1-3-15-37)43-20-10-11-21-44(43)49(47)38-27-26-33-29-36(25-23-34(33)30-38)46-41-18-8-6-16-39(41)45(40-17-7-9-19-42(40)46)35-24-22-31-12-4-5-13-32(31)28-35/h1-30H. The van der Waals surface area contributed by atoms with Crippen LogP contribution in [0.25, 0.3) is 87.8 Å². The Morgan fingerprint density at radius 2 is 0.740 bits per heavy atom. The number of aromatic nitrogens is 2. The zero-order valence-corrected chi connectivity index (χ0v) is 27.1. The van der Waals surface area contributed by atoms with Gasteiger partial charge in [-0.15, -0.1) is 0 Å². The van der Waals surface area contributed by atoms with Crippen LogP contribution in [0.3, 0.4) is 0 Å². The van der Waals surface area contributed by atoms with Crippen LogP contribution in [0.1, 0.15) is 0 Å². The lowest BCUT2D eigenvalue weighted by molar-refractivity contribution is 0.932. The van der Waals surface area contributed by atoms with Gasteiger partial charge in [-0.2, -0.15) is 0 Å². The number of rotatable bonds is 4. The van der Waals surface area contributed by atoms with E-state index in [1.165, 1.54) is 54.6 Å². The Morgan fingerprint density at radius 1 is 0.320 bits per heavy atom. The summed E-state index contributed by atoms with van der Waals surface area (Å²) in [7, 11) is 0. The first-order valence-electron chi connectivity index (χ1n) is 17.0. The molecule has 1 heterocycles. The second-order valence-corrected chi connectivity index (χ2v) is 12.9. The third-order valence-electron chi connectivity index (χ3n) is 10.1. The van der Waals surface area contributed by atoms with E-state index in [1.807, 2.05) is 59.2 Å². The molecule has 0 saturated carbocycles. The molecule has 1 aromatic heterocycles. The number of hydrogen-bond acceptors (Lipinski definition) is 1. The van der Waals surface area contributed by atoms with Crippen LogP contribution in [0.5, 0.6) is 0 Å². The molecule has 10 rings (SSSR count). The number of nitrogens with zero attached hydrogens (tertiary/aromatic N) is 2. The van der Waals surface area contributed by atoms with E-state index in [1.54, 1.807) is 4.57 Å². The zero-order valence-electron chi connectivity index (χ0n) is 27.1. The van der Waals surface area contributed by atoms with Gasteiger partial charge in [-0.25, -0.2) is 4.79 Å². The fraction of sp³-hybridized carbons (Fsp3) is 0. The van der Waals surface area contributed by atoms with E-state index in [0.29, 0.717) is 0 Å². The lowest BCUT2D eigenvalue weighted by Gasteiger charge is -2.18. The molecule has 0 fully saturated rings. The molecule has 0 amide bonds. The minimum atomic E-state index is -0.0854. The van der Waals surface area contributed by atoms with Gasteiger partial charge in [0.05, 0.1) is 22.4 Å². The predicted molar refractivity (Wildman–Crippen MR) is 210 cm³/mol. The monoisotopic (exact) mass is 638 g/mol. The molecule has 0 radical (unpaired) electrons. The number of para-hydroxylation sites is 3. The summed E-state index contributed by atoms with van der Waals surface area (Å²) in [6.45, 7) is 0. The highest BCUT2D eigenvalue weighted by atomic mass is 16.1. The average Bonchev–Trinajstić information content (AvgIpc) is 3.48. The molecule has 0 aliphatic rings. The topological polar surface area (TPSA) is 26.9 Å². The molecule has 3 nitrogen and oxygen atoms in total. The maximum absolute atomic E-state index is 14.0. The van der Waals surface area contributed by atoms with Crippen LogP contribution in [0, 0.1) is 0 Å². The van der Waals surface area contributed by atoms with Crippen molar-refractivity contribution in [2.45, 2.75) is 0 Å². The van der Waals surface area contributed by atoms with Crippen LogP contribution < -0.4 is 5.69 Å². The summed E-state index contributed by atoms with van der Waals surface area (Å²) < 4.78 is 3.61. The molecule has 0 spiro atoms. The second kappa shape index (κ2) is 11.2. The van der Waals surface area contributed by atoms with E-state index in [2.05, 4.69) is 127 Å². The molecule has 3 heteroatoms. The normalized spacial score (nSPS) is 11.7. The first-order valence-corrected chi connectivity index (χ1v) is 17.0. The van der Waals surface area contributed by atoms with E-state index in [4.69, 9.17) is 0 Å². The quantitative estimate of drug-likeness (QED) is 0.176. The maximum Gasteiger partial charge on any atom is 0.338 e. The van der Waals surface area contributed by atoms with Gasteiger partial charge in [0.25, 0.3) is 0 Å². The summed E-state index contributed by atoms with van der Waals surface area (Å²) in [6, 6.07) is 63.8. The van der Waals surface area contributed by atoms with E-state index in [0.717, 1.165) is 33.2 Å². The Labute approximate surface area is 288 Å². The Balaban J connectivity index is 1.15. The maximum atomic E-state index is 14.0. The molecule has 0 bridgehead atoms. The lowest BCUT2D eigenvalue weighted by atomic mass is 9.85. The molecule has 9 aromatic carbocycles. The SMILES string of the molecule is O=c1n(-c2ccccc2)c2ccccc2n1-c1ccc2cc(-c3c4ccccc4c(-c4ccc5ccccc5c4)c4ccccc34)ccc2c1. The van der Waals surface area contributed by atoms with Crippen LogP contribution in [0.2, 0.25) is 0 Å². The van der Waals surface area contributed by atoms with Gasteiger partial charge >= 0.3 is 5.69 Å². The molecule has 0 aliphatic heterocycles. The fourth-order valence-corrected chi connectivity index (χ4v) is 7.85. The van der Waals surface area contributed by atoms with Crippen LogP contribution in [0.15, 0.2) is 187 Å². The zero-order chi connectivity index (χ0) is 33.2. The molecular formula is C47H30N2O. The van der Waals surface area contributed by atoms with Crippen molar-refractivity contribution in [1.82, 2.24) is 9.13 Å². The highest BCUT2D eigenvalue weighted by Crippen LogP contribution is 2.44. The third kappa shape index (κ3) is 4.34. The van der Waals surface area contributed by atoms with Crippen molar-refractivity contribution in [3.8, 4) is 33.6 Å². The predicted octanol–water partition coefficient (Wildman–Crippen LogP) is 11.7. The first kappa shape index (κ1) is 28.3. The van der Waals surface area contributed by atoms with Gasteiger partial charge < -0.3 is 0 Å². The minimum Gasteiger partial charge on any atom is -0.260 e. The van der Waals surface area contributed by atoms with Gasteiger partial charge in [0.1, 0.15) is 0 Å². The van der Waals surface area contributed by atoms with Crippen molar-refractivity contribution in [2.24, 2.45) is 0 Å². The molecule has 0 N–H and O–H groups in total. The first-order chi connectivity index (χ1) is 24.7. The van der Waals surface area contributed by atoms with Crippen LogP contribution in [-0.4, -0.2) is 9.13 Å². The van der Waals surface area contributed by atoms with E-state index < -0.39 is 0 Å². The van der Waals surface area contributed by atoms with Crippen LogP contribution >= 0.6 is 0 Å². The van der Waals surface area contributed by atoms with E-state index in [-0.39, 0.29) is 5.69 Å². The van der Waals surface area contributed by atoms with Crippen LogP contribution in [0.4, 0.5) is 0 Å². The number of imidazole rings is 1. The summed E-state index contributed by atoms with van der Waals surface area (Å²) in [5.74, 6) is 0.